The second kappa shape index (κ2) is 9.78. The zero-order valence-corrected chi connectivity index (χ0v) is 22.1. The molecule has 2 fully saturated rings. The van der Waals surface area contributed by atoms with E-state index in [1.807, 2.05) is 30.3 Å². The first kappa shape index (κ1) is 24.3. The van der Waals surface area contributed by atoms with E-state index in [1.54, 1.807) is 24.3 Å². The van der Waals surface area contributed by atoms with Gasteiger partial charge in [0.25, 0.3) is 0 Å². The molecule has 1 aliphatic heterocycles. The van der Waals surface area contributed by atoms with Gasteiger partial charge in [0.15, 0.2) is 23.2 Å². The molecular weight excluding hydrogens is 483 g/mol. The van der Waals surface area contributed by atoms with Crippen molar-refractivity contribution >= 4 is 47.5 Å². The molecule has 6 nitrogen and oxygen atoms in total. The number of fused-ring (bicyclic) bond motifs is 3. The van der Waals surface area contributed by atoms with Crippen LogP contribution in [0.5, 0.6) is 0 Å². The van der Waals surface area contributed by atoms with Crippen LogP contribution in [0.3, 0.4) is 0 Å². The normalized spacial score (nSPS) is 21.2. The summed E-state index contributed by atoms with van der Waals surface area (Å²) in [6.07, 6.45) is 15.3. The highest BCUT2D eigenvalue weighted by molar-refractivity contribution is 6.41. The van der Waals surface area contributed by atoms with Crippen LogP contribution in [0.4, 0.5) is 11.6 Å². The summed E-state index contributed by atoms with van der Waals surface area (Å²) in [5, 5.41) is 0. The largest absolute Gasteiger partial charge is 0.306 e. The second-order valence-electron chi connectivity index (χ2n) is 11.3. The van der Waals surface area contributed by atoms with E-state index in [1.165, 1.54) is 38.5 Å². The van der Waals surface area contributed by atoms with Gasteiger partial charge in [-0.05, 0) is 50.0 Å². The highest BCUT2D eigenvalue weighted by Gasteiger charge is 2.42. The number of allylic oxidation sites excluding steroid dienone is 3. The highest BCUT2D eigenvalue weighted by Crippen LogP contribution is 2.46. The number of para-hydroxylation sites is 2. The van der Waals surface area contributed by atoms with E-state index in [0.717, 1.165) is 54.2 Å². The van der Waals surface area contributed by atoms with Crippen LogP contribution >= 0.6 is 0 Å². The molecule has 0 amide bonds. The van der Waals surface area contributed by atoms with E-state index in [9.17, 15) is 9.59 Å². The molecule has 2 radical (unpaired) electrons. The molecule has 7 rings (SSSR count). The number of hydrogen-bond acceptors (Lipinski definition) is 6. The number of rotatable bonds is 3. The molecule has 1 aromatic heterocycles. The number of benzene rings is 2. The van der Waals surface area contributed by atoms with Crippen LogP contribution in [0.2, 0.25) is 0 Å². The lowest BCUT2D eigenvalue weighted by atomic mass is 9.92. The third-order valence-corrected chi connectivity index (χ3v) is 8.79. The zero-order valence-electron chi connectivity index (χ0n) is 22.1. The number of carbonyl (C=O) groups is 2. The standard InChI is InChI=1S/C32H31BN4O2/c33-20-15-16-23-25(19-20)30(39)24(29(23)38)17-18-28-36(21-9-3-1-4-10-21)31-32(37(28)22-11-5-2-6-12-22)35-27-14-8-7-13-26(27)34-31/h7-8,13-19,21-22H,1-6,9-12H2/b24-17+. The fourth-order valence-electron chi connectivity index (χ4n) is 6.85. The molecule has 0 unspecified atom stereocenters. The van der Waals surface area contributed by atoms with Crippen LogP contribution in [0, 0.1) is 0 Å². The molecule has 39 heavy (non-hydrogen) atoms. The topological polar surface area (TPSA) is 66.4 Å². The SMILES string of the molecule is [B]c1ccc2c(c1)C(=O)/C(=C/C=C1N(C3CCCCC3)c3nc4ccccc4nc3N1C1CCCCC1)C2=O. The van der Waals surface area contributed by atoms with Crippen LogP contribution < -0.4 is 15.3 Å². The van der Waals surface area contributed by atoms with E-state index < -0.39 is 0 Å². The Morgan fingerprint density at radius 3 is 1.79 bits per heavy atom. The zero-order chi connectivity index (χ0) is 26.5. The Hall–Kier alpha value is -3.74. The van der Waals surface area contributed by atoms with Gasteiger partial charge in [-0.25, -0.2) is 9.97 Å². The van der Waals surface area contributed by atoms with Gasteiger partial charge in [-0.15, -0.1) is 0 Å². The van der Waals surface area contributed by atoms with Gasteiger partial charge in [0.05, 0.1) is 16.6 Å². The van der Waals surface area contributed by atoms with Crippen LogP contribution in [0.1, 0.15) is 84.9 Å². The third-order valence-electron chi connectivity index (χ3n) is 8.79. The number of aromatic nitrogens is 2. The van der Waals surface area contributed by atoms with E-state index in [4.69, 9.17) is 17.8 Å². The molecule has 2 heterocycles. The molecule has 194 valence electrons. The first-order valence-corrected chi connectivity index (χ1v) is 14.4. The minimum absolute atomic E-state index is 0.192. The molecule has 0 N–H and O–H groups in total. The fraction of sp³-hybridized carbons (Fsp3) is 0.375. The molecule has 4 aliphatic rings. The average Bonchev–Trinajstić information content (AvgIpc) is 3.41. The maximum atomic E-state index is 13.3. The number of hydrogen-bond donors (Lipinski definition) is 0. The predicted octanol–water partition coefficient (Wildman–Crippen LogP) is 5.56. The second-order valence-corrected chi connectivity index (χ2v) is 11.3. The van der Waals surface area contributed by atoms with E-state index in [-0.39, 0.29) is 17.1 Å². The van der Waals surface area contributed by atoms with Crippen molar-refractivity contribution < 1.29 is 9.59 Å². The molecular formula is C32H31BN4O2. The van der Waals surface area contributed by atoms with Crippen LogP contribution in [-0.4, -0.2) is 41.5 Å². The lowest BCUT2D eigenvalue weighted by molar-refractivity contribution is 0.0989. The summed E-state index contributed by atoms with van der Waals surface area (Å²) >= 11 is 0. The van der Waals surface area contributed by atoms with Gasteiger partial charge in [-0.1, -0.05) is 74.3 Å². The van der Waals surface area contributed by atoms with Gasteiger partial charge in [0.1, 0.15) is 13.7 Å². The minimum Gasteiger partial charge on any atom is -0.306 e. The van der Waals surface area contributed by atoms with Crippen molar-refractivity contribution in [2.24, 2.45) is 0 Å². The molecule has 0 saturated heterocycles. The lowest BCUT2D eigenvalue weighted by Crippen LogP contribution is -2.42. The summed E-state index contributed by atoms with van der Waals surface area (Å²) in [6, 6.07) is 13.6. The van der Waals surface area contributed by atoms with Crippen molar-refractivity contribution in [3.63, 3.8) is 0 Å². The Morgan fingerprint density at radius 1 is 0.692 bits per heavy atom. The van der Waals surface area contributed by atoms with Crippen molar-refractivity contribution in [3.8, 4) is 0 Å². The minimum atomic E-state index is -0.259. The van der Waals surface area contributed by atoms with Crippen molar-refractivity contribution in [1.82, 2.24) is 9.97 Å². The number of ketones is 2. The Balaban J connectivity index is 1.39. The van der Waals surface area contributed by atoms with Crippen molar-refractivity contribution in [2.75, 3.05) is 9.80 Å². The molecule has 3 aliphatic carbocycles. The Labute approximate surface area is 230 Å². The monoisotopic (exact) mass is 514 g/mol. The van der Waals surface area contributed by atoms with Crippen molar-refractivity contribution in [2.45, 2.75) is 76.3 Å². The number of Topliss-reactive ketones (excluding diaryl/α,β-unsaturated/α-hetero) is 2. The maximum absolute atomic E-state index is 13.3. The van der Waals surface area contributed by atoms with E-state index in [0.29, 0.717) is 28.7 Å². The van der Waals surface area contributed by atoms with Gasteiger partial charge in [-0.2, -0.15) is 0 Å². The summed E-state index contributed by atoms with van der Waals surface area (Å²) in [6.45, 7) is 0. The molecule has 2 aromatic carbocycles. The predicted molar refractivity (Wildman–Crippen MR) is 155 cm³/mol. The molecule has 7 heteroatoms. The first-order chi connectivity index (χ1) is 19.1. The Morgan fingerprint density at radius 2 is 1.23 bits per heavy atom. The highest BCUT2D eigenvalue weighted by atomic mass is 16.2. The van der Waals surface area contributed by atoms with Gasteiger partial charge in [0.2, 0.25) is 0 Å². The summed E-state index contributed by atoms with van der Waals surface area (Å²) in [4.78, 5) is 41.6. The van der Waals surface area contributed by atoms with Crippen LogP contribution in [0.15, 0.2) is 66.0 Å². The molecule has 0 spiro atoms. The molecule has 3 aromatic rings. The summed E-state index contributed by atoms with van der Waals surface area (Å²) in [5.41, 5.74) is 3.26. The Bertz CT molecular complexity index is 1480. The smallest absolute Gasteiger partial charge is 0.197 e. The number of carbonyl (C=O) groups excluding carboxylic acids is 2. The summed E-state index contributed by atoms with van der Waals surface area (Å²) in [5.74, 6) is 2.29. The quantitative estimate of drug-likeness (QED) is 0.259. The van der Waals surface area contributed by atoms with E-state index in [2.05, 4.69) is 9.80 Å². The van der Waals surface area contributed by atoms with E-state index >= 15 is 0 Å². The van der Waals surface area contributed by atoms with Crippen LogP contribution in [0.25, 0.3) is 11.0 Å². The van der Waals surface area contributed by atoms with Crippen molar-refractivity contribution in [1.29, 1.82) is 0 Å². The summed E-state index contributed by atoms with van der Waals surface area (Å²) in [7, 11) is 5.93. The average molecular weight is 514 g/mol. The maximum Gasteiger partial charge on any atom is 0.197 e. The van der Waals surface area contributed by atoms with Crippen LogP contribution in [-0.2, 0) is 0 Å². The molecule has 0 atom stereocenters. The van der Waals surface area contributed by atoms with Gasteiger partial charge < -0.3 is 9.80 Å². The van der Waals surface area contributed by atoms with Gasteiger partial charge in [0, 0.05) is 23.2 Å². The number of nitrogens with zero attached hydrogens (tertiary/aromatic N) is 4. The lowest BCUT2D eigenvalue weighted by Gasteiger charge is -2.37. The molecule has 2 saturated carbocycles. The van der Waals surface area contributed by atoms with Crippen molar-refractivity contribution in [3.05, 3.63) is 77.1 Å². The fourth-order valence-corrected chi connectivity index (χ4v) is 6.85. The first-order valence-electron chi connectivity index (χ1n) is 14.4. The number of anilines is 2. The third kappa shape index (κ3) is 4.10. The van der Waals surface area contributed by atoms with Gasteiger partial charge >= 0.3 is 0 Å². The molecule has 0 bridgehead atoms. The summed E-state index contributed by atoms with van der Waals surface area (Å²) < 4.78 is 0. The van der Waals surface area contributed by atoms with Gasteiger partial charge in [-0.3, -0.25) is 9.59 Å². The Kier molecular flexibility index (Phi) is 6.10.